The van der Waals surface area contributed by atoms with Crippen LogP contribution in [0.3, 0.4) is 0 Å². The first-order valence-electron chi connectivity index (χ1n) is 8.22. The highest BCUT2D eigenvalue weighted by Gasteiger charge is 2.34. The summed E-state index contributed by atoms with van der Waals surface area (Å²) >= 11 is 0. The first kappa shape index (κ1) is 18.1. The number of carboxylic acid groups (broad SMARTS) is 1. The molecule has 2 amide bonds. The van der Waals surface area contributed by atoms with Crippen LogP contribution in [0.15, 0.2) is 61.2 Å². The normalized spacial score (nSPS) is 14.8. The van der Waals surface area contributed by atoms with Gasteiger partial charge in [-0.2, -0.15) is 0 Å². The number of nitrogens with zero attached hydrogens (tertiary/aromatic N) is 1. The molecular weight excluding hydrogens is 346 g/mol. The number of imide groups is 1. The van der Waals surface area contributed by atoms with E-state index in [0.29, 0.717) is 28.4 Å². The molecule has 2 aromatic carbocycles. The maximum absolute atomic E-state index is 12.9. The van der Waals surface area contributed by atoms with Gasteiger partial charge in [-0.05, 0) is 23.8 Å². The molecule has 0 saturated heterocycles. The quantitative estimate of drug-likeness (QED) is 0.442. The number of amides is 2. The van der Waals surface area contributed by atoms with E-state index in [1.807, 2.05) is 0 Å². The van der Waals surface area contributed by atoms with E-state index in [-0.39, 0.29) is 11.1 Å². The topological polar surface area (TPSA) is 86.7 Å². The lowest BCUT2D eigenvalue weighted by molar-refractivity contribution is -0.305. The van der Waals surface area contributed by atoms with Crippen LogP contribution in [0.25, 0.3) is 11.6 Å². The monoisotopic (exact) mass is 362 g/mol. The molecule has 0 aromatic heterocycles. The van der Waals surface area contributed by atoms with Crippen LogP contribution in [-0.2, 0) is 9.59 Å². The van der Waals surface area contributed by atoms with E-state index in [1.54, 1.807) is 60.7 Å². The highest BCUT2D eigenvalue weighted by Crippen LogP contribution is 2.32. The summed E-state index contributed by atoms with van der Waals surface area (Å²) in [7, 11) is 0. The first-order chi connectivity index (χ1) is 13.0. The Morgan fingerprint density at radius 3 is 2.41 bits per heavy atom. The van der Waals surface area contributed by atoms with Crippen LogP contribution >= 0.6 is 0 Å². The minimum Gasteiger partial charge on any atom is -0.548 e. The van der Waals surface area contributed by atoms with E-state index in [9.17, 15) is 19.5 Å². The predicted octanol–water partition coefficient (Wildman–Crippen LogP) is 1.52. The van der Waals surface area contributed by atoms with E-state index >= 15 is 0 Å². The average molecular weight is 362 g/mol. The molecule has 1 heterocycles. The third-order valence-corrected chi connectivity index (χ3v) is 4.03. The highest BCUT2D eigenvalue weighted by atomic mass is 16.5. The Morgan fingerprint density at radius 1 is 1.04 bits per heavy atom. The summed E-state index contributed by atoms with van der Waals surface area (Å²) in [5, 5.41) is 11.0. The van der Waals surface area contributed by atoms with Crippen LogP contribution in [0.1, 0.15) is 21.5 Å². The van der Waals surface area contributed by atoms with Crippen LogP contribution < -0.4 is 9.84 Å². The summed E-state index contributed by atoms with van der Waals surface area (Å²) < 4.78 is 5.60. The van der Waals surface area contributed by atoms with Gasteiger partial charge in [-0.1, -0.05) is 49.1 Å². The van der Waals surface area contributed by atoms with Crippen molar-refractivity contribution in [2.45, 2.75) is 0 Å². The number of carboxylic acids is 1. The van der Waals surface area contributed by atoms with E-state index in [0.717, 1.165) is 0 Å². The Bertz CT molecular complexity index is 961. The molecule has 136 valence electrons. The lowest BCUT2D eigenvalue weighted by Crippen LogP contribution is -2.47. The molecule has 27 heavy (non-hydrogen) atoms. The molecule has 3 rings (SSSR count). The first-order valence-corrected chi connectivity index (χ1v) is 8.22. The van der Waals surface area contributed by atoms with Gasteiger partial charge in [-0.3, -0.25) is 14.5 Å². The number of rotatable bonds is 6. The molecule has 0 saturated carbocycles. The largest absolute Gasteiger partial charge is 0.548 e. The van der Waals surface area contributed by atoms with Crippen molar-refractivity contribution in [3.63, 3.8) is 0 Å². The number of carbonyl (C=O) groups excluding carboxylic acids is 3. The molecule has 0 atom stereocenters. The van der Waals surface area contributed by atoms with Crippen LogP contribution in [0, 0.1) is 0 Å². The molecule has 0 bridgehead atoms. The fraction of sp³-hybridized carbons (Fsp3) is 0.0952. The summed E-state index contributed by atoms with van der Waals surface area (Å²) in [4.78, 5) is 37.1. The van der Waals surface area contributed by atoms with Gasteiger partial charge in [0.25, 0.3) is 11.8 Å². The number of aliphatic carboxylic acids is 1. The Balaban J connectivity index is 2.13. The second-order valence-electron chi connectivity index (χ2n) is 5.81. The van der Waals surface area contributed by atoms with Crippen LogP contribution in [-0.4, -0.2) is 35.8 Å². The summed E-state index contributed by atoms with van der Waals surface area (Å²) in [5.74, 6) is -2.32. The van der Waals surface area contributed by atoms with Crippen molar-refractivity contribution >= 4 is 29.4 Å². The van der Waals surface area contributed by atoms with Gasteiger partial charge in [0.05, 0.1) is 12.5 Å². The zero-order valence-corrected chi connectivity index (χ0v) is 14.4. The fourth-order valence-corrected chi connectivity index (χ4v) is 2.85. The van der Waals surface area contributed by atoms with Crippen LogP contribution in [0.4, 0.5) is 0 Å². The van der Waals surface area contributed by atoms with Crippen LogP contribution in [0.2, 0.25) is 0 Å². The second kappa shape index (κ2) is 7.70. The lowest BCUT2D eigenvalue weighted by Gasteiger charge is -2.29. The van der Waals surface area contributed by atoms with Crippen molar-refractivity contribution in [3.8, 4) is 5.75 Å². The molecule has 2 aromatic rings. The fourth-order valence-electron chi connectivity index (χ4n) is 2.85. The number of benzene rings is 2. The number of fused-ring (bicyclic) bond motifs is 1. The third kappa shape index (κ3) is 3.64. The second-order valence-corrected chi connectivity index (χ2v) is 5.81. The molecule has 1 aliphatic heterocycles. The lowest BCUT2D eigenvalue weighted by atomic mass is 9.92. The minimum atomic E-state index is -1.51. The van der Waals surface area contributed by atoms with Gasteiger partial charge in [0.15, 0.2) is 0 Å². The molecule has 0 radical (unpaired) electrons. The van der Waals surface area contributed by atoms with E-state index in [2.05, 4.69) is 6.58 Å². The van der Waals surface area contributed by atoms with Gasteiger partial charge < -0.3 is 14.6 Å². The molecule has 0 spiro atoms. The minimum absolute atomic E-state index is 0.209. The van der Waals surface area contributed by atoms with E-state index in [4.69, 9.17) is 4.74 Å². The Kier molecular flexibility index (Phi) is 5.17. The summed E-state index contributed by atoms with van der Waals surface area (Å²) in [6, 6.07) is 13.7. The van der Waals surface area contributed by atoms with Crippen molar-refractivity contribution in [1.29, 1.82) is 0 Å². The van der Waals surface area contributed by atoms with Crippen molar-refractivity contribution in [3.05, 3.63) is 77.9 Å². The number of carbonyl (C=O) groups is 3. The number of ether oxygens (including phenoxy) is 1. The number of para-hydroxylation sites is 1. The Morgan fingerprint density at radius 2 is 1.70 bits per heavy atom. The van der Waals surface area contributed by atoms with Crippen molar-refractivity contribution in [2.75, 3.05) is 13.2 Å². The summed E-state index contributed by atoms with van der Waals surface area (Å²) in [5.41, 5.74) is 1.54. The van der Waals surface area contributed by atoms with Crippen molar-refractivity contribution < 1.29 is 24.2 Å². The molecule has 0 unspecified atom stereocenters. The van der Waals surface area contributed by atoms with Crippen molar-refractivity contribution in [2.24, 2.45) is 0 Å². The maximum atomic E-state index is 12.9. The van der Waals surface area contributed by atoms with Gasteiger partial charge >= 0.3 is 0 Å². The van der Waals surface area contributed by atoms with Gasteiger partial charge in [0.1, 0.15) is 12.4 Å². The Labute approximate surface area is 156 Å². The highest BCUT2D eigenvalue weighted by molar-refractivity contribution is 6.34. The predicted molar refractivity (Wildman–Crippen MR) is 97.5 cm³/mol. The summed E-state index contributed by atoms with van der Waals surface area (Å²) in [6.45, 7) is 3.09. The molecule has 6 nitrogen and oxygen atoms in total. The smallest absolute Gasteiger partial charge is 0.261 e. The van der Waals surface area contributed by atoms with Crippen molar-refractivity contribution in [1.82, 2.24) is 4.90 Å². The molecule has 0 N–H and O–H groups in total. The molecule has 0 aliphatic carbocycles. The maximum Gasteiger partial charge on any atom is 0.261 e. The third-order valence-electron chi connectivity index (χ3n) is 4.03. The van der Waals surface area contributed by atoms with Gasteiger partial charge in [0, 0.05) is 16.7 Å². The average Bonchev–Trinajstić information content (AvgIpc) is 2.67. The SMILES string of the molecule is C=CCOc1ccccc1/C=C1\C(=O)N(CC(=O)[O-])C(=O)c2ccccc21. The van der Waals surface area contributed by atoms with Gasteiger partial charge in [-0.25, -0.2) is 0 Å². The number of hydrogen-bond acceptors (Lipinski definition) is 5. The van der Waals surface area contributed by atoms with Gasteiger partial charge in [-0.15, -0.1) is 0 Å². The van der Waals surface area contributed by atoms with Gasteiger partial charge in [0.2, 0.25) is 0 Å². The molecule has 1 aliphatic rings. The van der Waals surface area contributed by atoms with E-state index < -0.39 is 24.3 Å². The number of hydrogen-bond donors (Lipinski definition) is 0. The zero-order chi connectivity index (χ0) is 19.4. The summed E-state index contributed by atoms with van der Waals surface area (Å²) in [6.07, 6.45) is 3.19. The van der Waals surface area contributed by atoms with Crippen LogP contribution in [0.5, 0.6) is 5.75 Å². The Hall–Kier alpha value is -3.67. The molecule has 6 heteroatoms. The standard InChI is InChI=1S/C21H17NO5/c1-2-11-27-18-10-6-3-7-14(18)12-17-15-8-4-5-9-16(15)20(25)22(21(17)26)13-19(23)24/h2-10,12H,1,11,13H2,(H,23,24)/p-1/b17-12-. The molecule has 0 fully saturated rings. The van der Waals surface area contributed by atoms with E-state index in [1.165, 1.54) is 0 Å². The zero-order valence-electron chi connectivity index (χ0n) is 14.4. The molecular formula is C21H16NO5-.